The van der Waals surface area contributed by atoms with E-state index >= 15 is 0 Å². The quantitative estimate of drug-likeness (QED) is 0.833. The summed E-state index contributed by atoms with van der Waals surface area (Å²) in [6, 6.07) is 8.55. The number of benzene rings is 1. The highest BCUT2D eigenvalue weighted by molar-refractivity contribution is 5.37. The molecule has 2 heteroatoms. The van der Waals surface area contributed by atoms with Gasteiger partial charge in [-0.25, -0.2) is 0 Å². The molecule has 2 atom stereocenters. The van der Waals surface area contributed by atoms with Crippen molar-refractivity contribution >= 4 is 0 Å². The highest BCUT2D eigenvalue weighted by Crippen LogP contribution is 2.53. The Morgan fingerprint density at radius 1 is 1.33 bits per heavy atom. The van der Waals surface area contributed by atoms with E-state index in [4.69, 9.17) is 4.74 Å². The first-order valence-electron chi connectivity index (χ1n) is 6.91. The van der Waals surface area contributed by atoms with Crippen LogP contribution in [0, 0.1) is 11.8 Å². The number of rotatable bonds is 6. The number of hydrogen-bond acceptors (Lipinski definition) is 2. The van der Waals surface area contributed by atoms with Gasteiger partial charge in [0, 0.05) is 0 Å². The minimum absolute atomic E-state index is 0.371. The van der Waals surface area contributed by atoms with Crippen molar-refractivity contribution in [3.8, 4) is 5.75 Å². The number of nitrogens with one attached hydrogen (secondary N) is 1. The van der Waals surface area contributed by atoms with Crippen LogP contribution >= 0.6 is 0 Å². The molecule has 1 aromatic carbocycles. The molecule has 2 nitrogen and oxygen atoms in total. The van der Waals surface area contributed by atoms with E-state index in [1.807, 2.05) is 0 Å². The fraction of sp³-hybridized carbons (Fsp3) is 0.625. The highest BCUT2D eigenvalue weighted by Gasteiger charge is 2.50. The average Bonchev–Trinajstić information content (AvgIpc) is 3.01. The van der Waals surface area contributed by atoms with Crippen LogP contribution in [-0.2, 0) is 5.41 Å². The molecule has 2 rings (SSSR count). The molecule has 0 bridgehead atoms. The van der Waals surface area contributed by atoms with Crippen LogP contribution < -0.4 is 10.1 Å². The molecule has 0 amide bonds. The molecule has 100 valence electrons. The maximum absolute atomic E-state index is 5.21. The summed E-state index contributed by atoms with van der Waals surface area (Å²) in [4.78, 5) is 0. The molecular weight excluding hydrogens is 222 g/mol. The maximum atomic E-state index is 5.21. The molecule has 1 aromatic rings. The Balaban J connectivity index is 1.89. The van der Waals surface area contributed by atoms with Gasteiger partial charge in [0.05, 0.1) is 7.11 Å². The second-order valence-electron chi connectivity index (χ2n) is 6.10. The molecule has 0 aromatic heterocycles. The third kappa shape index (κ3) is 2.86. The lowest BCUT2D eigenvalue weighted by Gasteiger charge is -2.14. The van der Waals surface area contributed by atoms with E-state index in [1.54, 1.807) is 7.11 Å². The summed E-state index contributed by atoms with van der Waals surface area (Å²) < 4.78 is 5.21. The van der Waals surface area contributed by atoms with Crippen LogP contribution in [0.2, 0.25) is 0 Å². The molecule has 18 heavy (non-hydrogen) atoms. The fourth-order valence-corrected chi connectivity index (χ4v) is 2.62. The average molecular weight is 247 g/mol. The van der Waals surface area contributed by atoms with E-state index in [1.165, 1.54) is 12.0 Å². The Kier molecular flexibility index (Phi) is 3.96. The van der Waals surface area contributed by atoms with Gasteiger partial charge in [-0.05, 0) is 54.5 Å². The zero-order chi connectivity index (χ0) is 13.2. The number of hydrogen-bond donors (Lipinski definition) is 1. The van der Waals surface area contributed by atoms with Crippen LogP contribution in [0.4, 0.5) is 0 Å². The van der Waals surface area contributed by atoms with Crippen LogP contribution in [0.3, 0.4) is 0 Å². The van der Waals surface area contributed by atoms with Gasteiger partial charge >= 0.3 is 0 Å². The van der Waals surface area contributed by atoms with Crippen LogP contribution in [0.1, 0.15) is 32.8 Å². The maximum Gasteiger partial charge on any atom is 0.118 e. The van der Waals surface area contributed by atoms with E-state index < -0.39 is 0 Å². The third-order valence-electron chi connectivity index (χ3n) is 4.10. The van der Waals surface area contributed by atoms with Crippen molar-refractivity contribution in [2.24, 2.45) is 11.8 Å². The molecular formula is C16H25NO. The number of ether oxygens (including phenoxy) is 1. The molecule has 1 N–H and O–H groups in total. The molecule has 1 saturated carbocycles. The van der Waals surface area contributed by atoms with E-state index in [0.717, 1.165) is 30.7 Å². The van der Waals surface area contributed by atoms with Crippen molar-refractivity contribution in [1.82, 2.24) is 5.32 Å². The molecule has 0 saturated heterocycles. The zero-order valence-electron chi connectivity index (χ0n) is 12.0. The predicted molar refractivity (Wildman–Crippen MR) is 76.2 cm³/mol. The molecule has 0 heterocycles. The summed E-state index contributed by atoms with van der Waals surface area (Å²) in [5.41, 5.74) is 1.82. The second-order valence-corrected chi connectivity index (χ2v) is 6.10. The summed E-state index contributed by atoms with van der Waals surface area (Å²) in [7, 11) is 1.71. The smallest absolute Gasteiger partial charge is 0.118 e. The first kappa shape index (κ1) is 13.4. The van der Waals surface area contributed by atoms with E-state index in [2.05, 4.69) is 50.4 Å². The monoisotopic (exact) mass is 247 g/mol. The van der Waals surface area contributed by atoms with Gasteiger partial charge in [-0.2, -0.15) is 0 Å². The lowest BCUT2D eigenvalue weighted by molar-refractivity contribution is 0.414. The van der Waals surface area contributed by atoms with E-state index in [9.17, 15) is 0 Å². The molecule has 0 radical (unpaired) electrons. The summed E-state index contributed by atoms with van der Waals surface area (Å²) in [5.74, 6) is 2.46. The van der Waals surface area contributed by atoms with Gasteiger partial charge in [0.2, 0.25) is 0 Å². The lowest BCUT2D eigenvalue weighted by atomic mass is 9.95. The normalized spacial score (nSPS) is 26.4. The molecule has 0 aliphatic heterocycles. The first-order valence-corrected chi connectivity index (χ1v) is 6.91. The Bertz CT molecular complexity index is 385. The van der Waals surface area contributed by atoms with Crippen LogP contribution in [0.5, 0.6) is 5.75 Å². The standard InChI is InChI=1S/C16H25NO/c1-12(2)10-17-11-14-9-16(14,3)13-5-7-15(18-4)8-6-13/h5-8,12,14,17H,9-11H2,1-4H3. The van der Waals surface area contributed by atoms with Crippen LogP contribution in [-0.4, -0.2) is 20.2 Å². The van der Waals surface area contributed by atoms with Crippen molar-refractivity contribution in [3.63, 3.8) is 0 Å². The minimum Gasteiger partial charge on any atom is -0.497 e. The van der Waals surface area contributed by atoms with Crippen molar-refractivity contribution in [1.29, 1.82) is 0 Å². The van der Waals surface area contributed by atoms with Crippen LogP contribution in [0.25, 0.3) is 0 Å². The minimum atomic E-state index is 0.371. The fourth-order valence-electron chi connectivity index (χ4n) is 2.62. The lowest BCUT2D eigenvalue weighted by Crippen LogP contribution is -2.24. The van der Waals surface area contributed by atoms with E-state index in [-0.39, 0.29) is 0 Å². The van der Waals surface area contributed by atoms with Gasteiger partial charge in [-0.3, -0.25) is 0 Å². The van der Waals surface area contributed by atoms with Gasteiger partial charge in [0.1, 0.15) is 5.75 Å². The molecule has 1 fully saturated rings. The molecule has 1 aliphatic rings. The van der Waals surface area contributed by atoms with Gasteiger partial charge in [-0.15, -0.1) is 0 Å². The Hall–Kier alpha value is -1.02. The van der Waals surface area contributed by atoms with E-state index in [0.29, 0.717) is 5.41 Å². The van der Waals surface area contributed by atoms with Crippen LogP contribution in [0.15, 0.2) is 24.3 Å². The number of methoxy groups -OCH3 is 1. The van der Waals surface area contributed by atoms with Crippen molar-refractivity contribution < 1.29 is 4.74 Å². The Morgan fingerprint density at radius 2 is 2.00 bits per heavy atom. The zero-order valence-corrected chi connectivity index (χ0v) is 12.0. The van der Waals surface area contributed by atoms with Gasteiger partial charge in [-0.1, -0.05) is 32.9 Å². The molecule has 0 spiro atoms. The largest absolute Gasteiger partial charge is 0.497 e. The van der Waals surface area contributed by atoms with Crippen molar-refractivity contribution in [2.45, 2.75) is 32.6 Å². The first-order chi connectivity index (χ1) is 8.56. The summed E-state index contributed by atoms with van der Waals surface area (Å²) in [6.07, 6.45) is 1.30. The summed E-state index contributed by atoms with van der Waals surface area (Å²) in [5, 5.41) is 3.57. The van der Waals surface area contributed by atoms with Gasteiger partial charge in [0.25, 0.3) is 0 Å². The molecule has 2 unspecified atom stereocenters. The van der Waals surface area contributed by atoms with Gasteiger partial charge in [0.15, 0.2) is 0 Å². The SMILES string of the molecule is COc1ccc(C2(C)CC2CNCC(C)C)cc1. The second kappa shape index (κ2) is 5.31. The van der Waals surface area contributed by atoms with Gasteiger partial charge < -0.3 is 10.1 Å². The third-order valence-corrected chi connectivity index (χ3v) is 4.10. The summed E-state index contributed by atoms with van der Waals surface area (Å²) >= 11 is 0. The van der Waals surface area contributed by atoms with Crippen molar-refractivity contribution in [3.05, 3.63) is 29.8 Å². The highest BCUT2D eigenvalue weighted by atomic mass is 16.5. The van der Waals surface area contributed by atoms with Crippen molar-refractivity contribution in [2.75, 3.05) is 20.2 Å². The Morgan fingerprint density at radius 3 is 2.56 bits per heavy atom. The topological polar surface area (TPSA) is 21.3 Å². The predicted octanol–water partition coefficient (Wildman–Crippen LogP) is 3.22. The summed E-state index contributed by atoms with van der Waals surface area (Å²) in [6.45, 7) is 9.14. The molecule has 1 aliphatic carbocycles. The Labute approximate surface area is 111 Å².